The van der Waals surface area contributed by atoms with Crippen LogP contribution >= 0.6 is 23.5 Å². The number of benzene rings is 1. The summed E-state index contributed by atoms with van der Waals surface area (Å²) in [6.07, 6.45) is 12.3. The number of halogens is 1. The average molecular weight is 431 g/mol. The molecule has 3 heterocycles. The zero-order valence-electron chi connectivity index (χ0n) is 16.7. The summed E-state index contributed by atoms with van der Waals surface area (Å²) in [6.45, 7) is 4.48. The molecular formula is C21H27ClN6S. The van der Waals surface area contributed by atoms with Gasteiger partial charge in [-0.15, -0.1) is 0 Å². The molecule has 154 valence electrons. The summed E-state index contributed by atoms with van der Waals surface area (Å²) in [5.74, 6) is 0. The summed E-state index contributed by atoms with van der Waals surface area (Å²) < 4.78 is 4.48. The van der Waals surface area contributed by atoms with E-state index in [1.165, 1.54) is 45.0 Å². The van der Waals surface area contributed by atoms with Crippen LogP contribution in [0.25, 0.3) is 0 Å². The number of hydrogen-bond donors (Lipinski definition) is 2. The van der Waals surface area contributed by atoms with Crippen LogP contribution in [0, 0.1) is 10.8 Å². The summed E-state index contributed by atoms with van der Waals surface area (Å²) in [4.78, 5) is 2.40. The van der Waals surface area contributed by atoms with Crippen molar-refractivity contribution in [3.63, 3.8) is 0 Å². The van der Waals surface area contributed by atoms with Gasteiger partial charge in [0.1, 0.15) is 0 Å². The van der Waals surface area contributed by atoms with Gasteiger partial charge in [-0.25, -0.2) is 4.31 Å². The minimum Gasteiger partial charge on any atom is -0.370 e. The van der Waals surface area contributed by atoms with Crippen molar-refractivity contribution in [3.05, 3.63) is 35.1 Å². The molecule has 8 heteroatoms. The Morgan fingerprint density at radius 3 is 2.69 bits per heavy atom. The molecular weight excluding hydrogens is 404 g/mol. The largest absolute Gasteiger partial charge is 0.370 e. The number of nitrogens with zero attached hydrogens (tertiary/aromatic N) is 4. The fraction of sp³-hybridized carbons (Fsp3) is 0.524. The molecule has 1 aromatic heterocycles. The molecule has 0 amide bonds. The van der Waals surface area contributed by atoms with Crippen molar-refractivity contribution in [2.45, 2.75) is 31.7 Å². The quantitative estimate of drug-likeness (QED) is 0.509. The first-order valence-corrected chi connectivity index (χ1v) is 11.8. The van der Waals surface area contributed by atoms with Gasteiger partial charge < -0.3 is 15.6 Å². The van der Waals surface area contributed by atoms with Crippen molar-refractivity contribution in [3.8, 4) is 0 Å². The lowest BCUT2D eigenvalue weighted by molar-refractivity contribution is 0.0524. The number of hydrogen-bond acceptors (Lipinski definition) is 6. The van der Waals surface area contributed by atoms with Crippen LogP contribution in [-0.4, -0.2) is 52.7 Å². The third kappa shape index (κ3) is 3.76. The summed E-state index contributed by atoms with van der Waals surface area (Å²) in [5.41, 5.74) is 4.22. The third-order valence-corrected chi connectivity index (χ3v) is 7.60. The molecule has 3 fully saturated rings. The van der Waals surface area contributed by atoms with E-state index in [1.54, 1.807) is 0 Å². The molecule has 2 aromatic rings. The third-order valence-electron chi connectivity index (χ3n) is 6.52. The van der Waals surface area contributed by atoms with E-state index in [2.05, 4.69) is 38.1 Å². The number of piperidine rings is 1. The van der Waals surface area contributed by atoms with Crippen molar-refractivity contribution < 1.29 is 0 Å². The molecule has 1 saturated carbocycles. The van der Waals surface area contributed by atoms with Gasteiger partial charge in [0.05, 0.1) is 28.6 Å². The SMILES string of the molecule is CSN1CC2(CCN(c3cc(Nc4cnn(C5CC5)c4)c(C=N)cc3Cl)CC2)C1. The Bertz CT molecular complexity index is 908. The van der Waals surface area contributed by atoms with Gasteiger partial charge in [-0.3, -0.25) is 4.68 Å². The van der Waals surface area contributed by atoms with Gasteiger partial charge in [-0.2, -0.15) is 5.10 Å². The van der Waals surface area contributed by atoms with Gasteiger partial charge in [0.15, 0.2) is 0 Å². The van der Waals surface area contributed by atoms with Crippen LogP contribution in [0.3, 0.4) is 0 Å². The van der Waals surface area contributed by atoms with E-state index in [4.69, 9.17) is 17.0 Å². The van der Waals surface area contributed by atoms with Gasteiger partial charge in [-0.05, 0) is 44.1 Å². The molecule has 2 N–H and O–H groups in total. The Labute approximate surface area is 181 Å². The first kappa shape index (κ1) is 19.3. The molecule has 0 atom stereocenters. The van der Waals surface area contributed by atoms with Crippen molar-refractivity contribution >= 4 is 46.8 Å². The highest BCUT2D eigenvalue weighted by Gasteiger charge is 2.44. The van der Waals surface area contributed by atoms with Crippen LogP contribution in [0.15, 0.2) is 24.5 Å². The fourth-order valence-electron chi connectivity index (χ4n) is 4.51. The lowest BCUT2D eigenvalue weighted by Crippen LogP contribution is -2.57. The molecule has 0 bridgehead atoms. The molecule has 1 spiro atoms. The molecule has 1 aromatic carbocycles. The lowest BCUT2D eigenvalue weighted by Gasteiger charge is -2.53. The van der Waals surface area contributed by atoms with Gasteiger partial charge in [0, 0.05) is 55.3 Å². The van der Waals surface area contributed by atoms with E-state index < -0.39 is 0 Å². The topological polar surface area (TPSA) is 60.2 Å². The van der Waals surface area contributed by atoms with Crippen molar-refractivity contribution in [1.29, 1.82) is 5.41 Å². The van der Waals surface area contributed by atoms with E-state index in [0.29, 0.717) is 11.5 Å². The molecule has 5 rings (SSSR count). The Balaban J connectivity index is 1.33. The van der Waals surface area contributed by atoms with Crippen LogP contribution in [-0.2, 0) is 0 Å². The van der Waals surface area contributed by atoms with E-state index in [-0.39, 0.29) is 0 Å². The smallest absolute Gasteiger partial charge is 0.0770 e. The Hall–Kier alpha value is -1.70. The Kier molecular flexibility index (Phi) is 5.00. The number of nitrogens with one attached hydrogen (secondary N) is 2. The average Bonchev–Trinajstić information content (AvgIpc) is 3.46. The molecule has 0 radical (unpaired) electrons. The predicted molar refractivity (Wildman–Crippen MR) is 122 cm³/mol. The summed E-state index contributed by atoms with van der Waals surface area (Å²) in [7, 11) is 0. The summed E-state index contributed by atoms with van der Waals surface area (Å²) in [6, 6.07) is 4.56. The predicted octanol–water partition coefficient (Wildman–Crippen LogP) is 4.79. The van der Waals surface area contributed by atoms with Gasteiger partial charge in [0.25, 0.3) is 0 Å². The van der Waals surface area contributed by atoms with Crippen molar-refractivity contribution in [1.82, 2.24) is 14.1 Å². The van der Waals surface area contributed by atoms with Crippen LogP contribution in [0.2, 0.25) is 5.02 Å². The van der Waals surface area contributed by atoms with Crippen LogP contribution < -0.4 is 10.2 Å². The normalized spacial score (nSPS) is 21.2. The monoisotopic (exact) mass is 430 g/mol. The minimum absolute atomic E-state index is 0.499. The highest BCUT2D eigenvalue weighted by molar-refractivity contribution is 7.96. The lowest BCUT2D eigenvalue weighted by atomic mass is 9.73. The second-order valence-electron chi connectivity index (χ2n) is 8.57. The number of rotatable bonds is 6. The zero-order chi connectivity index (χ0) is 20.0. The van der Waals surface area contributed by atoms with E-state index >= 15 is 0 Å². The Morgan fingerprint density at radius 1 is 1.28 bits per heavy atom. The second-order valence-corrected chi connectivity index (χ2v) is 9.86. The first-order chi connectivity index (χ1) is 14.1. The molecule has 6 nitrogen and oxygen atoms in total. The number of anilines is 3. The number of aromatic nitrogens is 2. The standard InChI is InChI=1S/C21H27ClN6S/c1-29-27-13-21(14-27)4-6-26(7-5-21)20-9-19(15(10-23)8-18(20)22)25-16-11-24-28(12-16)17-2-3-17/h8-12,17,23,25H,2-7,13-14H2,1H3. The maximum absolute atomic E-state index is 7.80. The maximum Gasteiger partial charge on any atom is 0.0770 e. The van der Waals surface area contributed by atoms with E-state index in [1.807, 2.05) is 28.9 Å². The van der Waals surface area contributed by atoms with E-state index in [0.717, 1.165) is 40.7 Å². The fourth-order valence-corrected chi connectivity index (χ4v) is 5.61. The molecule has 3 aliphatic rings. The highest BCUT2D eigenvalue weighted by atomic mass is 35.5. The molecule has 2 saturated heterocycles. The molecule has 2 aliphatic heterocycles. The van der Waals surface area contributed by atoms with Gasteiger partial charge in [0.2, 0.25) is 0 Å². The zero-order valence-corrected chi connectivity index (χ0v) is 18.3. The first-order valence-electron chi connectivity index (χ1n) is 10.3. The highest BCUT2D eigenvalue weighted by Crippen LogP contribution is 2.45. The van der Waals surface area contributed by atoms with Gasteiger partial charge in [-0.1, -0.05) is 23.5 Å². The van der Waals surface area contributed by atoms with Crippen LogP contribution in [0.5, 0.6) is 0 Å². The molecule has 29 heavy (non-hydrogen) atoms. The summed E-state index contributed by atoms with van der Waals surface area (Å²) in [5, 5.41) is 16.4. The molecule has 0 unspecified atom stereocenters. The Morgan fingerprint density at radius 2 is 2.03 bits per heavy atom. The summed E-state index contributed by atoms with van der Waals surface area (Å²) >= 11 is 8.49. The maximum atomic E-state index is 7.80. The minimum atomic E-state index is 0.499. The van der Waals surface area contributed by atoms with E-state index in [9.17, 15) is 0 Å². The van der Waals surface area contributed by atoms with Gasteiger partial charge >= 0.3 is 0 Å². The second kappa shape index (κ2) is 7.52. The molecule has 1 aliphatic carbocycles. The van der Waals surface area contributed by atoms with Crippen molar-refractivity contribution in [2.24, 2.45) is 5.41 Å². The van der Waals surface area contributed by atoms with Crippen LogP contribution in [0.1, 0.15) is 37.3 Å². The van der Waals surface area contributed by atoms with Crippen LogP contribution in [0.4, 0.5) is 17.1 Å². The van der Waals surface area contributed by atoms with Crippen molar-refractivity contribution in [2.75, 3.05) is 42.7 Å².